The van der Waals surface area contributed by atoms with Crippen LogP contribution < -0.4 is 16.4 Å². The Hall–Kier alpha value is -1.88. The maximum atomic E-state index is 12.1. The van der Waals surface area contributed by atoms with Crippen LogP contribution in [0.1, 0.15) is 48.9 Å². The Kier molecular flexibility index (Phi) is 5.75. The van der Waals surface area contributed by atoms with Crippen LogP contribution in [0.25, 0.3) is 0 Å². The minimum Gasteiger partial charge on any atom is -0.349 e. The van der Waals surface area contributed by atoms with Crippen molar-refractivity contribution in [3.63, 3.8) is 0 Å². The average Bonchev–Trinajstić information content (AvgIpc) is 2.98. The van der Waals surface area contributed by atoms with E-state index in [1.54, 1.807) is 24.3 Å². The molecule has 1 aliphatic carbocycles. The van der Waals surface area contributed by atoms with E-state index in [9.17, 15) is 9.59 Å². The minimum atomic E-state index is -0.0522. The van der Waals surface area contributed by atoms with Gasteiger partial charge < -0.3 is 16.4 Å². The van der Waals surface area contributed by atoms with Gasteiger partial charge in [-0.15, -0.1) is 0 Å². The van der Waals surface area contributed by atoms with Crippen LogP contribution in [0.2, 0.25) is 0 Å². The number of carbonyl (C=O) groups is 2. The Morgan fingerprint density at radius 2 is 1.81 bits per heavy atom. The van der Waals surface area contributed by atoms with Crippen molar-refractivity contribution in [2.75, 3.05) is 11.9 Å². The van der Waals surface area contributed by atoms with Crippen molar-refractivity contribution in [2.24, 2.45) is 5.73 Å². The number of nitrogens with one attached hydrogen (secondary N) is 2. The summed E-state index contributed by atoms with van der Waals surface area (Å²) in [5.74, 6) is -0.0912. The Labute approximate surface area is 125 Å². The number of hydrogen-bond acceptors (Lipinski definition) is 3. The second-order valence-corrected chi connectivity index (χ2v) is 5.47. The van der Waals surface area contributed by atoms with E-state index in [2.05, 4.69) is 10.6 Å². The van der Waals surface area contributed by atoms with E-state index >= 15 is 0 Å². The van der Waals surface area contributed by atoms with Gasteiger partial charge in [0.2, 0.25) is 5.91 Å². The van der Waals surface area contributed by atoms with Gasteiger partial charge in [-0.05, 0) is 50.1 Å². The highest BCUT2D eigenvalue weighted by Gasteiger charge is 2.17. The minimum absolute atomic E-state index is 0.0390. The molecule has 5 heteroatoms. The first kappa shape index (κ1) is 15.5. The van der Waals surface area contributed by atoms with Crippen molar-refractivity contribution >= 4 is 17.5 Å². The number of nitrogens with two attached hydrogens (primary N) is 1. The van der Waals surface area contributed by atoms with Crippen LogP contribution in [0.5, 0.6) is 0 Å². The van der Waals surface area contributed by atoms with Crippen LogP contribution >= 0.6 is 0 Å². The van der Waals surface area contributed by atoms with Gasteiger partial charge in [-0.1, -0.05) is 12.8 Å². The molecule has 0 bridgehead atoms. The van der Waals surface area contributed by atoms with Gasteiger partial charge in [0, 0.05) is 23.7 Å². The highest BCUT2D eigenvalue weighted by Crippen LogP contribution is 2.18. The quantitative estimate of drug-likeness (QED) is 0.749. The molecule has 0 radical (unpaired) electrons. The molecular weight excluding hydrogens is 266 g/mol. The molecule has 0 saturated heterocycles. The molecule has 1 aliphatic rings. The molecule has 0 unspecified atom stereocenters. The molecule has 21 heavy (non-hydrogen) atoms. The Morgan fingerprint density at radius 3 is 2.43 bits per heavy atom. The van der Waals surface area contributed by atoms with E-state index in [1.807, 2.05) is 0 Å². The average molecular weight is 289 g/mol. The third-order valence-electron chi connectivity index (χ3n) is 3.73. The summed E-state index contributed by atoms with van der Waals surface area (Å²) in [5.41, 5.74) is 6.70. The van der Waals surface area contributed by atoms with E-state index in [4.69, 9.17) is 5.73 Å². The van der Waals surface area contributed by atoms with Crippen LogP contribution in [0.15, 0.2) is 24.3 Å². The molecule has 0 spiro atoms. The predicted octanol–water partition coefficient (Wildman–Crippen LogP) is 2.04. The van der Waals surface area contributed by atoms with Crippen LogP contribution in [-0.4, -0.2) is 24.4 Å². The van der Waals surface area contributed by atoms with Crippen molar-refractivity contribution in [2.45, 2.75) is 44.6 Å². The highest BCUT2D eigenvalue weighted by molar-refractivity contribution is 5.96. The van der Waals surface area contributed by atoms with Crippen LogP contribution in [0.3, 0.4) is 0 Å². The fourth-order valence-electron chi connectivity index (χ4n) is 2.53. The summed E-state index contributed by atoms with van der Waals surface area (Å²) < 4.78 is 0. The first-order valence-electron chi connectivity index (χ1n) is 7.60. The maximum absolute atomic E-state index is 12.1. The van der Waals surface area contributed by atoms with E-state index < -0.39 is 0 Å². The Morgan fingerprint density at radius 1 is 1.14 bits per heavy atom. The van der Waals surface area contributed by atoms with Gasteiger partial charge >= 0.3 is 0 Å². The van der Waals surface area contributed by atoms with Gasteiger partial charge in [0.15, 0.2) is 0 Å². The lowest BCUT2D eigenvalue weighted by molar-refractivity contribution is -0.116. The smallest absolute Gasteiger partial charge is 0.251 e. The molecule has 1 aromatic carbocycles. The Balaban J connectivity index is 1.85. The molecule has 1 saturated carbocycles. The van der Waals surface area contributed by atoms with Gasteiger partial charge in [-0.3, -0.25) is 9.59 Å². The van der Waals surface area contributed by atoms with E-state index in [0.717, 1.165) is 12.8 Å². The molecule has 0 aliphatic heterocycles. The molecule has 1 fully saturated rings. The zero-order chi connectivity index (χ0) is 15.1. The molecular formula is C16H23N3O2. The third-order valence-corrected chi connectivity index (χ3v) is 3.73. The van der Waals surface area contributed by atoms with Crippen molar-refractivity contribution in [3.8, 4) is 0 Å². The largest absolute Gasteiger partial charge is 0.349 e. The summed E-state index contributed by atoms with van der Waals surface area (Å²) in [6.45, 7) is 0.508. The summed E-state index contributed by atoms with van der Waals surface area (Å²) in [5, 5.41) is 5.83. The molecule has 2 amide bonds. The molecule has 114 valence electrons. The number of rotatable bonds is 6. The Bertz CT molecular complexity index is 479. The first-order chi connectivity index (χ1) is 10.2. The first-order valence-corrected chi connectivity index (χ1v) is 7.60. The number of carbonyl (C=O) groups excluding carboxylic acids is 2. The number of amides is 2. The van der Waals surface area contributed by atoms with Gasteiger partial charge in [-0.25, -0.2) is 0 Å². The van der Waals surface area contributed by atoms with Crippen molar-refractivity contribution in [1.29, 1.82) is 0 Å². The molecule has 4 N–H and O–H groups in total. The van der Waals surface area contributed by atoms with Crippen LogP contribution in [0, 0.1) is 0 Å². The summed E-state index contributed by atoms with van der Waals surface area (Å²) >= 11 is 0. The summed E-state index contributed by atoms with van der Waals surface area (Å²) in [4.78, 5) is 23.6. The SMILES string of the molecule is NCCCC(=O)Nc1ccc(C(=O)NC2CCCC2)cc1. The lowest BCUT2D eigenvalue weighted by Gasteiger charge is -2.12. The lowest BCUT2D eigenvalue weighted by Crippen LogP contribution is -2.32. The van der Waals surface area contributed by atoms with E-state index in [0.29, 0.717) is 36.7 Å². The molecule has 0 aromatic heterocycles. The standard InChI is InChI=1S/C16H23N3O2/c17-11-3-6-15(20)18-14-9-7-12(8-10-14)16(21)19-13-4-1-2-5-13/h7-10,13H,1-6,11,17H2,(H,18,20)(H,19,21). The van der Waals surface area contributed by atoms with Crippen molar-refractivity contribution < 1.29 is 9.59 Å². The second kappa shape index (κ2) is 7.78. The maximum Gasteiger partial charge on any atom is 0.251 e. The highest BCUT2D eigenvalue weighted by atomic mass is 16.2. The predicted molar refractivity (Wildman–Crippen MR) is 83.1 cm³/mol. The molecule has 5 nitrogen and oxygen atoms in total. The van der Waals surface area contributed by atoms with E-state index in [1.165, 1.54) is 12.8 Å². The van der Waals surface area contributed by atoms with E-state index in [-0.39, 0.29) is 11.8 Å². The van der Waals surface area contributed by atoms with Gasteiger partial charge in [0.25, 0.3) is 5.91 Å². The molecule has 2 rings (SSSR count). The van der Waals surface area contributed by atoms with Crippen molar-refractivity contribution in [3.05, 3.63) is 29.8 Å². The molecule has 0 atom stereocenters. The fourth-order valence-corrected chi connectivity index (χ4v) is 2.53. The fraction of sp³-hybridized carbons (Fsp3) is 0.500. The summed E-state index contributed by atoms with van der Waals surface area (Å²) in [6, 6.07) is 7.30. The summed E-state index contributed by atoms with van der Waals surface area (Å²) in [6.07, 6.45) is 5.62. The zero-order valence-electron chi connectivity index (χ0n) is 12.2. The zero-order valence-corrected chi connectivity index (χ0v) is 12.2. The number of anilines is 1. The normalized spacial score (nSPS) is 14.9. The monoisotopic (exact) mass is 289 g/mol. The number of benzene rings is 1. The van der Waals surface area contributed by atoms with Gasteiger partial charge in [0.05, 0.1) is 0 Å². The lowest BCUT2D eigenvalue weighted by atomic mass is 10.1. The topological polar surface area (TPSA) is 84.2 Å². The van der Waals surface area contributed by atoms with Crippen LogP contribution in [0.4, 0.5) is 5.69 Å². The molecule has 0 heterocycles. The number of hydrogen-bond donors (Lipinski definition) is 3. The second-order valence-electron chi connectivity index (χ2n) is 5.47. The van der Waals surface area contributed by atoms with Crippen LogP contribution in [-0.2, 0) is 4.79 Å². The van der Waals surface area contributed by atoms with Crippen molar-refractivity contribution in [1.82, 2.24) is 5.32 Å². The van der Waals surface area contributed by atoms with Gasteiger partial charge in [-0.2, -0.15) is 0 Å². The van der Waals surface area contributed by atoms with Gasteiger partial charge in [0.1, 0.15) is 0 Å². The summed E-state index contributed by atoms with van der Waals surface area (Å²) in [7, 11) is 0. The third kappa shape index (κ3) is 4.86. The molecule has 1 aromatic rings.